The van der Waals surface area contributed by atoms with Gasteiger partial charge in [0, 0.05) is 30.2 Å². The molecule has 1 aromatic carbocycles. The summed E-state index contributed by atoms with van der Waals surface area (Å²) in [5, 5.41) is 0.744. The lowest BCUT2D eigenvalue weighted by atomic mass is 9.94. The van der Waals surface area contributed by atoms with E-state index in [-0.39, 0.29) is 22.4 Å². The maximum Gasteiger partial charge on any atom is 0.266 e. The standard InChI is InChI=1S/C18H18Cl2N2O2/c19-15-6-4-12(5-7-15)13-3-1-2-8-22(11-13)18(24)14-9-16(20)17(23)21-10-14/h4-7,9-10,13H,1-3,8,11H2,(H,21,23). The largest absolute Gasteiger partial charge is 0.338 e. The minimum atomic E-state index is -0.386. The number of halogens is 2. The molecule has 1 unspecified atom stereocenters. The molecule has 0 bridgehead atoms. The highest BCUT2D eigenvalue weighted by Gasteiger charge is 2.24. The van der Waals surface area contributed by atoms with E-state index in [9.17, 15) is 9.59 Å². The van der Waals surface area contributed by atoms with Gasteiger partial charge in [-0.05, 0) is 36.6 Å². The Morgan fingerprint density at radius 3 is 2.62 bits per heavy atom. The van der Waals surface area contributed by atoms with Crippen molar-refractivity contribution >= 4 is 29.1 Å². The van der Waals surface area contributed by atoms with Gasteiger partial charge in [0.2, 0.25) is 0 Å². The summed E-state index contributed by atoms with van der Waals surface area (Å²) in [7, 11) is 0. The van der Waals surface area contributed by atoms with E-state index < -0.39 is 0 Å². The predicted octanol–water partition coefficient (Wildman–Crippen LogP) is 4.09. The van der Waals surface area contributed by atoms with E-state index in [4.69, 9.17) is 23.2 Å². The van der Waals surface area contributed by atoms with Crippen LogP contribution in [-0.4, -0.2) is 28.9 Å². The van der Waals surface area contributed by atoms with E-state index in [0.717, 1.165) is 19.3 Å². The third-order valence-corrected chi connectivity index (χ3v) is 4.94. The molecule has 0 saturated carbocycles. The smallest absolute Gasteiger partial charge is 0.266 e. The first-order valence-electron chi connectivity index (χ1n) is 7.97. The number of hydrogen-bond donors (Lipinski definition) is 1. The molecular weight excluding hydrogens is 347 g/mol. The monoisotopic (exact) mass is 364 g/mol. The fourth-order valence-corrected chi connectivity index (χ4v) is 3.39. The number of aromatic amines is 1. The zero-order valence-corrected chi connectivity index (χ0v) is 14.6. The van der Waals surface area contributed by atoms with Gasteiger partial charge in [-0.3, -0.25) is 9.59 Å². The van der Waals surface area contributed by atoms with Gasteiger partial charge in [0.25, 0.3) is 11.5 Å². The van der Waals surface area contributed by atoms with Crippen molar-refractivity contribution in [1.82, 2.24) is 9.88 Å². The second-order valence-corrected chi connectivity index (χ2v) is 6.90. The second-order valence-electron chi connectivity index (χ2n) is 6.06. The number of carbonyl (C=O) groups is 1. The molecule has 126 valence electrons. The maximum absolute atomic E-state index is 12.8. The van der Waals surface area contributed by atoms with Gasteiger partial charge >= 0.3 is 0 Å². The van der Waals surface area contributed by atoms with Crippen LogP contribution in [0, 0.1) is 0 Å². The fraction of sp³-hybridized carbons (Fsp3) is 0.333. The van der Waals surface area contributed by atoms with Crippen molar-refractivity contribution in [1.29, 1.82) is 0 Å². The van der Waals surface area contributed by atoms with Gasteiger partial charge in [-0.15, -0.1) is 0 Å². The maximum atomic E-state index is 12.8. The summed E-state index contributed by atoms with van der Waals surface area (Å²) in [5.74, 6) is 0.181. The van der Waals surface area contributed by atoms with Gasteiger partial charge in [-0.1, -0.05) is 41.8 Å². The summed E-state index contributed by atoms with van der Waals surface area (Å²) in [6.45, 7) is 1.36. The van der Waals surface area contributed by atoms with Gasteiger partial charge in [0.15, 0.2) is 0 Å². The molecule has 0 spiro atoms. The van der Waals surface area contributed by atoms with Crippen molar-refractivity contribution in [2.24, 2.45) is 0 Å². The van der Waals surface area contributed by atoms with Gasteiger partial charge < -0.3 is 9.88 Å². The number of nitrogens with one attached hydrogen (secondary N) is 1. The Morgan fingerprint density at radius 2 is 1.92 bits per heavy atom. The number of likely N-dealkylation sites (tertiary alicyclic amines) is 1. The van der Waals surface area contributed by atoms with Crippen molar-refractivity contribution < 1.29 is 4.79 Å². The van der Waals surface area contributed by atoms with E-state index in [0.29, 0.717) is 23.7 Å². The van der Waals surface area contributed by atoms with Crippen molar-refractivity contribution in [2.45, 2.75) is 25.2 Å². The summed E-state index contributed by atoms with van der Waals surface area (Å²) in [5.41, 5.74) is 1.22. The Kier molecular flexibility index (Phi) is 5.27. The fourth-order valence-electron chi connectivity index (χ4n) is 3.10. The lowest BCUT2D eigenvalue weighted by Gasteiger charge is -2.25. The number of pyridine rings is 1. The van der Waals surface area contributed by atoms with Gasteiger partial charge in [-0.25, -0.2) is 0 Å². The topological polar surface area (TPSA) is 53.2 Å². The second kappa shape index (κ2) is 7.41. The van der Waals surface area contributed by atoms with Crippen LogP contribution in [0.2, 0.25) is 10.0 Å². The zero-order chi connectivity index (χ0) is 17.1. The first-order valence-corrected chi connectivity index (χ1v) is 8.73. The third-order valence-electron chi connectivity index (χ3n) is 4.40. The predicted molar refractivity (Wildman–Crippen MR) is 96.0 cm³/mol. The van der Waals surface area contributed by atoms with Crippen molar-refractivity contribution in [3.05, 3.63) is 68.1 Å². The Morgan fingerprint density at radius 1 is 1.17 bits per heavy atom. The first-order chi connectivity index (χ1) is 11.5. The van der Waals surface area contributed by atoms with Crippen LogP contribution in [-0.2, 0) is 0 Å². The summed E-state index contributed by atoms with van der Waals surface area (Å²) in [6.07, 6.45) is 4.51. The molecule has 24 heavy (non-hydrogen) atoms. The Bertz CT molecular complexity index is 786. The molecule has 1 saturated heterocycles. The van der Waals surface area contributed by atoms with Gasteiger partial charge in [0.05, 0.1) is 5.56 Å². The lowest BCUT2D eigenvalue weighted by molar-refractivity contribution is 0.0754. The molecule has 1 aliphatic heterocycles. The first kappa shape index (κ1) is 17.1. The molecule has 0 aliphatic carbocycles. The summed E-state index contributed by atoms with van der Waals surface area (Å²) in [6, 6.07) is 9.26. The number of benzene rings is 1. The van der Waals surface area contributed by atoms with E-state index >= 15 is 0 Å². The van der Waals surface area contributed by atoms with Crippen molar-refractivity contribution in [3.63, 3.8) is 0 Å². The van der Waals surface area contributed by atoms with Crippen LogP contribution in [0.25, 0.3) is 0 Å². The van der Waals surface area contributed by atoms with Crippen molar-refractivity contribution in [3.8, 4) is 0 Å². The lowest BCUT2D eigenvalue weighted by Crippen LogP contribution is -2.34. The molecule has 1 amide bonds. The average molecular weight is 365 g/mol. The summed E-state index contributed by atoms with van der Waals surface area (Å²) >= 11 is 11.8. The van der Waals surface area contributed by atoms with Crippen LogP contribution in [0.3, 0.4) is 0 Å². The molecule has 2 heterocycles. The molecule has 6 heteroatoms. The number of nitrogens with zero attached hydrogens (tertiary/aromatic N) is 1. The zero-order valence-electron chi connectivity index (χ0n) is 13.1. The van der Waals surface area contributed by atoms with Crippen molar-refractivity contribution in [2.75, 3.05) is 13.1 Å². The highest BCUT2D eigenvalue weighted by molar-refractivity contribution is 6.31. The van der Waals surface area contributed by atoms with Crippen LogP contribution in [0.5, 0.6) is 0 Å². The minimum Gasteiger partial charge on any atom is -0.338 e. The number of carbonyl (C=O) groups excluding carboxylic acids is 1. The van der Waals surface area contributed by atoms with Crippen LogP contribution < -0.4 is 5.56 Å². The van der Waals surface area contributed by atoms with Crippen LogP contribution in [0.15, 0.2) is 41.3 Å². The van der Waals surface area contributed by atoms with Crippen LogP contribution in [0.4, 0.5) is 0 Å². The molecule has 0 radical (unpaired) electrons. The Labute approximate surface area is 150 Å². The summed E-state index contributed by atoms with van der Waals surface area (Å²) in [4.78, 5) is 28.5. The van der Waals surface area contributed by atoms with E-state index in [1.54, 1.807) is 0 Å². The number of aromatic nitrogens is 1. The number of amides is 1. The molecule has 3 rings (SSSR count). The Balaban J connectivity index is 1.81. The van der Waals surface area contributed by atoms with E-state index in [2.05, 4.69) is 4.98 Å². The average Bonchev–Trinajstić information content (AvgIpc) is 2.83. The molecule has 1 aliphatic rings. The van der Waals surface area contributed by atoms with E-state index in [1.807, 2.05) is 29.2 Å². The summed E-state index contributed by atoms with van der Waals surface area (Å²) < 4.78 is 0. The van der Waals surface area contributed by atoms with Crippen LogP contribution in [0.1, 0.15) is 41.1 Å². The normalized spacial score (nSPS) is 18.2. The van der Waals surface area contributed by atoms with E-state index in [1.165, 1.54) is 17.8 Å². The number of H-pyrrole nitrogens is 1. The quantitative estimate of drug-likeness (QED) is 0.872. The molecule has 2 aromatic rings. The van der Waals surface area contributed by atoms with Gasteiger partial charge in [0.1, 0.15) is 5.02 Å². The number of hydrogen-bond acceptors (Lipinski definition) is 2. The molecule has 1 atom stereocenters. The Hall–Kier alpha value is -1.78. The molecule has 1 aromatic heterocycles. The van der Waals surface area contributed by atoms with Crippen LogP contribution >= 0.6 is 23.2 Å². The SMILES string of the molecule is O=C(c1c[nH]c(=O)c(Cl)c1)N1CCCCC(c2ccc(Cl)cc2)C1. The highest BCUT2D eigenvalue weighted by atomic mass is 35.5. The van der Waals surface area contributed by atoms with Gasteiger partial charge in [-0.2, -0.15) is 0 Å². The molecular formula is C18H18Cl2N2O2. The molecule has 1 N–H and O–H groups in total. The molecule has 1 fully saturated rings. The highest BCUT2D eigenvalue weighted by Crippen LogP contribution is 2.28. The molecule has 4 nitrogen and oxygen atoms in total. The third kappa shape index (κ3) is 3.82. The number of rotatable bonds is 2. The minimum absolute atomic E-state index is 0.0323.